The van der Waals surface area contributed by atoms with E-state index in [1.807, 2.05) is 19.9 Å². The highest BCUT2D eigenvalue weighted by Crippen LogP contribution is 2.17. The van der Waals surface area contributed by atoms with Crippen LogP contribution in [0.25, 0.3) is 0 Å². The molecule has 0 aromatic carbocycles. The van der Waals surface area contributed by atoms with Crippen LogP contribution in [0.15, 0.2) is 18.3 Å². The molecular formula is C15H21N3O3. The average Bonchev–Trinajstić information content (AvgIpc) is 2.50. The Bertz CT molecular complexity index is 515. The van der Waals surface area contributed by atoms with Gasteiger partial charge in [0.1, 0.15) is 6.04 Å². The number of carbonyl (C=O) groups excluding carboxylic acids is 2. The fourth-order valence-electron chi connectivity index (χ4n) is 2.33. The van der Waals surface area contributed by atoms with Crippen molar-refractivity contribution in [3.8, 4) is 5.88 Å². The van der Waals surface area contributed by atoms with Crippen LogP contribution in [0.5, 0.6) is 5.88 Å². The van der Waals surface area contributed by atoms with Gasteiger partial charge in [-0.2, -0.15) is 0 Å². The summed E-state index contributed by atoms with van der Waals surface area (Å²) in [6, 6.07) is 3.17. The van der Waals surface area contributed by atoms with Crippen LogP contribution in [0.3, 0.4) is 0 Å². The van der Waals surface area contributed by atoms with Crippen molar-refractivity contribution >= 4 is 11.8 Å². The van der Waals surface area contributed by atoms with Gasteiger partial charge in [-0.05, 0) is 11.5 Å². The highest BCUT2D eigenvalue weighted by atomic mass is 16.5. The molecule has 0 radical (unpaired) electrons. The Morgan fingerprint density at radius 3 is 2.81 bits per heavy atom. The van der Waals surface area contributed by atoms with Crippen LogP contribution in [0.4, 0.5) is 0 Å². The second-order valence-electron chi connectivity index (χ2n) is 5.33. The molecule has 0 spiro atoms. The van der Waals surface area contributed by atoms with Gasteiger partial charge in [-0.15, -0.1) is 0 Å². The van der Waals surface area contributed by atoms with Crippen LogP contribution in [-0.4, -0.2) is 41.4 Å². The van der Waals surface area contributed by atoms with Gasteiger partial charge in [-0.25, -0.2) is 4.98 Å². The molecule has 1 aliphatic rings. The zero-order chi connectivity index (χ0) is 15.4. The molecule has 21 heavy (non-hydrogen) atoms. The Morgan fingerprint density at radius 1 is 1.48 bits per heavy atom. The van der Waals surface area contributed by atoms with Crippen molar-refractivity contribution in [2.24, 2.45) is 5.92 Å². The molecule has 114 valence electrons. The molecule has 1 fully saturated rings. The van der Waals surface area contributed by atoms with Crippen LogP contribution >= 0.6 is 0 Å². The van der Waals surface area contributed by atoms with Gasteiger partial charge < -0.3 is 15.0 Å². The van der Waals surface area contributed by atoms with Crippen molar-refractivity contribution in [3.05, 3.63) is 23.9 Å². The fourth-order valence-corrected chi connectivity index (χ4v) is 2.33. The average molecular weight is 291 g/mol. The van der Waals surface area contributed by atoms with Crippen molar-refractivity contribution in [1.29, 1.82) is 0 Å². The Morgan fingerprint density at radius 2 is 2.24 bits per heavy atom. The molecule has 0 bridgehead atoms. The summed E-state index contributed by atoms with van der Waals surface area (Å²) in [6.07, 6.45) is 2.51. The summed E-state index contributed by atoms with van der Waals surface area (Å²) in [5.41, 5.74) is 0.877. The highest BCUT2D eigenvalue weighted by Gasteiger charge is 2.35. The summed E-state index contributed by atoms with van der Waals surface area (Å²) < 4.78 is 5.00. The lowest BCUT2D eigenvalue weighted by molar-refractivity contribution is -0.146. The first-order chi connectivity index (χ1) is 10.0. The van der Waals surface area contributed by atoms with Crippen LogP contribution in [0.1, 0.15) is 25.8 Å². The predicted octanol–water partition coefficient (Wildman–Crippen LogP) is 0.963. The van der Waals surface area contributed by atoms with Gasteiger partial charge in [0.2, 0.25) is 17.7 Å². The van der Waals surface area contributed by atoms with E-state index in [9.17, 15) is 9.59 Å². The molecule has 1 N–H and O–H groups in total. The first kappa shape index (κ1) is 15.3. The van der Waals surface area contributed by atoms with Crippen molar-refractivity contribution in [3.63, 3.8) is 0 Å². The summed E-state index contributed by atoms with van der Waals surface area (Å²) in [6.45, 7) is 4.46. The minimum atomic E-state index is -0.428. The number of nitrogens with one attached hydrogen (secondary N) is 1. The molecule has 2 atom stereocenters. The van der Waals surface area contributed by atoms with Crippen LogP contribution in [-0.2, 0) is 16.1 Å². The molecule has 2 amide bonds. The van der Waals surface area contributed by atoms with E-state index in [4.69, 9.17) is 4.74 Å². The number of amides is 2. The minimum Gasteiger partial charge on any atom is -0.481 e. The maximum atomic E-state index is 12.5. The Hall–Kier alpha value is -2.11. The number of ether oxygens (including phenoxy) is 1. The number of rotatable bonds is 5. The summed E-state index contributed by atoms with van der Waals surface area (Å²) >= 11 is 0. The van der Waals surface area contributed by atoms with Gasteiger partial charge in [0, 0.05) is 18.8 Å². The van der Waals surface area contributed by atoms with E-state index < -0.39 is 6.04 Å². The largest absolute Gasteiger partial charge is 0.481 e. The first-order valence-corrected chi connectivity index (χ1v) is 7.12. The maximum Gasteiger partial charge on any atom is 0.246 e. The number of hydrogen-bond donors (Lipinski definition) is 1. The van der Waals surface area contributed by atoms with Crippen molar-refractivity contribution in [2.45, 2.75) is 32.9 Å². The summed E-state index contributed by atoms with van der Waals surface area (Å²) in [5.74, 6) is 0.512. The third kappa shape index (κ3) is 3.51. The molecular weight excluding hydrogens is 270 g/mol. The molecule has 0 saturated carbocycles. The predicted molar refractivity (Wildman–Crippen MR) is 77.6 cm³/mol. The van der Waals surface area contributed by atoms with Gasteiger partial charge in [-0.3, -0.25) is 9.59 Å². The summed E-state index contributed by atoms with van der Waals surface area (Å²) in [7, 11) is 1.55. The number of carbonyl (C=O) groups is 2. The molecule has 1 saturated heterocycles. The number of pyridine rings is 1. The summed E-state index contributed by atoms with van der Waals surface area (Å²) in [5, 5.41) is 2.79. The smallest absolute Gasteiger partial charge is 0.246 e. The number of nitrogens with zero attached hydrogens (tertiary/aromatic N) is 2. The van der Waals surface area contributed by atoms with E-state index in [1.54, 1.807) is 24.3 Å². The SMILES string of the molecule is CCC(C)C1NC(=O)CN(Cc2ccc(OC)nc2)C1=O. The zero-order valence-electron chi connectivity index (χ0n) is 12.6. The lowest BCUT2D eigenvalue weighted by Gasteiger charge is -2.35. The third-order valence-electron chi connectivity index (χ3n) is 3.82. The normalized spacial score (nSPS) is 20.1. The number of hydrogen-bond acceptors (Lipinski definition) is 4. The minimum absolute atomic E-state index is 0.0280. The Balaban J connectivity index is 2.10. The van der Waals surface area contributed by atoms with E-state index in [2.05, 4.69) is 10.3 Å². The molecule has 2 heterocycles. The van der Waals surface area contributed by atoms with Crippen molar-refractivity contribution < 1.29 is 14.3 Å². The molecule has 1 aromatic rings. The van der Waals surface area contributed by atoms with Gasteiger partial charge in [0.15, 0.2) is 0 Å². The molecule has 1 aromatic heterocycles. The lowest BCUT2D eigenvalue weighted by atomic mass is 9.96. The molecule has 6 heteroatoms. The third-order valence-corrected chi connectivity index (χ3v) is 3.82. The number of methoxy groups -OCH3 is 1. The zero-order valence-corrected chi connectivity index (χ0v) is 12.6. The van der Waals surface area contributed by atoms with Gasteiger partial charge in [0.25, 0.3) is 0 Å². The Kier molecular flexibility index (Phi) is 4.77. The fraction of sp³-hybridized carbons (Fsp3) is 0.533. The van der Waals surface area contributed by atoms with Crippen molar-refractivity contribution in [2.75, 3.05) is 13.7 Å². The molecule has 6 nitrogen and oxygen atoms in total. The van der Waals surface area contributed by atoms with E-state index in [-0.39, 0.29) is 24.3 Å². The van der Waals surface area contributed by atoms with Crippen LogP contribution < -0.4 is 10.1 Å². The van der Waals surface area contributed by atoms with E-state index in [0.29, 0.717) is 12.4 Å². The van der Waals surface area contributed by atoms with E-state index >= 15 is 0 Å². The topological polar surface area (TPSA) is 71.5 Å². The summed E-state index contributed by atoms with van der Waals surface area (Å²) in [4.78, 5) is 30.0. The van der Waals surface area contributed by atoms with E-state index in [0.717, 1.165) is 12.0 Å². The maximum absolute atomic E-state index is 12.5. The van der Waals surface area contributed by atoms with Crippen molar-refractivity contribution in [1.82, 2.24) is 15.2 Å². The molecule has 0 aliphatic carbocycles. The quantitative estimate of drug-likeness (QED) is 0.877. The van der Waals surface area contributed by atoms with Crippen LogP contribution in [0, 0.1) is 5.92 Å². The molecule has 1 aliphatic heterocycles. The first-order valence-electron chi connectivity index (χ1n) is 7.12. The standard InChI is InChI=1S/C15H21N3O3/c1-4-10(2)14-15(20)18(9-12(19)17-14)8-11-5-6-13(21-3)16-7-11/h5-7,10,14H,4,8-9H2,1-3H3,(H,17,19). The van der Waals surface area contributed by atoms with Crippen LogP contribution in [0.2, 0.25) is 0 Å². The number of piperazine rings is 1. The second-order valence-corrected chi connectivity index (χ2v) is 5.33. The Labute approximate surface area is 124 Å². The highest BCUT2D eigenvalue weighted by molar-refractivity contribution is 5.94. The lowest BCUT2D eigenvalue weighted by Crippen LogP contribution is -2.59. The number of aromatic nitrogens is 1. The van der Waals surface area contributed by atoms with Gasteiger partial charge >= 0.3 is 0 Å². The van der Waals surface area contributed by atoms with Gasteiger partial charge in [0.05, 0.1) is 13.7 Å². The second kappa shape index (κ2) is 6.56. The van der Waals surface area contributed by atoms with Gasteiger partial charge in [-0.1, -0.05) is 26.3 Å². The molecule has 2 rings (SSSR count). The molecule has 2 unspecified atom stereocenters. The monoisotopic (exact) mass is 291 g/mol. The van der Waals surface area contributed by atoms with E-state index in [1.165, 1.54) is 0 Å².